The second kappa shape index (κ2) is 5.96. The molecule has 0 aliphatic rings. The molecule has 22 heavy (non-hydrogen) atoms. The first-order valence-electron chi connectivity index (χ1n) is 6.18. The van der Waals surface area contributed by atoms with E-state index in [-0.39, 0.29) is 16.1 Å². The van der Waals surface area contributed by atoms with Crippen LogP contribution in [0.25, 0.3) is 0 Å². The molecule has 0 saturated heterocycles. The Morgan fingerprint density at radius 1 is 1.18 bits per heavy atom. The van der Waals surface area contributed by atoms with Crippen molar-refractivity contribution in [3.63, 3.8) is 0 Å². The van der Waals surface area contributed by atoms with E-state index in [1.54, 1.807) is 25.1 Å². The first kappa shape index (κ1) is 16.3. The Kier molecular flexibility index (Phi) is 4.41. The lowest BCUT2D eigenvalue weighted by atomic mass is 10.1. The number of anilines is 2. The summed E-state index contributed by atoms with van der Waals surface area (Å²) in [6, 6.07) is 8.69. The molecular formula is C14H14ClN3O3S. The molecule has 0 spiro atoms. The molecule has 0 saturated carbocycles. The summed E-state index contributed by atoms with van der Waals surface area (Å²) in [7, 11) is -3.92. The monoisotopic (exact) mass is 339 g/mol. The van der Waals surface area contributed by atoms with Crippen molar-refractivity contribution >= 4 is 38.9 Å². The molecular weight excluding hydrogens is 326 g/mol. The molecule has 2 rings (SSSR count). The number of benzene rings is 2. The van der Waals surface area contributed by atoms with E-state index in [2.05, 4.69) is 5.32 Å². The van der Waals surface area contributed by atoms with Crippen LogP contribution in [0.4, 0.5) is 11.4 Å². The van der Waals surface area contributed by atoms with Crippen LogP contribution in [0.3, 0.4) is 0 Å². The number of sulfonamides is 1. The summed E-state index contributed by atoms with van der Waals surface area (Å²) in [5, 5.41) is 8.26. The zero-order valence-electron chi connectivity index (χ0n) is 11.6. The Labute approximate surface area is 133 Å². The lowest BCUT2D eigenvalue weighted by molar-refractivity contribution is 0.102. The van der Waals surface area contributed by atoms with E-state index >= 15 is 0 Å². The van der Waals surface area contributed by atoms with Crippen LogP contribution < -0.4 is 16.2 Å². The average Bonchev–Trinajstić information content (AvgIpc) is 2.41. The van der Waals surface area contributed by atoms with Crippen LogP contribution in [0.15, 0.2) is 41.3 Å². The number of hydrogen-bond donors (Lipinski definition) is 3. The number of nitrogens with two attached hydrogens (primary N) is 2. The molecule has 0 fully saturated rings. The Bertz CT molecular complexity index is 850. The van der Waals surface area contributed by atoms with Gasteiger partial charge in [0.05, 0.1) is 10.5 Å². The predicted octanol–water partition coefficient (Wildman–Crippen LogP) is 2.13. The van der Waals surface area contributed by atoms with Crippen LogP contribution in [0.5, 0.6) is 0 Å². The van der Waals surface area contributed by atoms with Crippen molar-refractivity contribution in [1.29, 1.82) is 0 Å². The van der Waals surface area contributed by atoms with Crippen molar-refractivity contribution < 1.29 is 13.2 Å². The number of halogens is 1. The smallest absolute Gasteiger partial charge is 0.257 e. The Balaban J connectivity index is 2.37. The fraction of sp³-hybridized carbons (Fsp3) is 0.0714. The lowest BCUT2D eigenvalue weighted by Gasteiger charge is -2.11. The number of nitrogens with one attached hydrogen (secondary N) is 1. The number of carbonyl (C=O) groups excluding carboxylic acids is 1. The molecule has 8 heteroatoms. The van der Waals surface area contributed by atoms with E-state index in [0.717, 1.165) is 11.6 Å². The summed E-state index contributed by atoms with van der Waals surface area (Å²) in [6.45, 7) is 1.78. The van der Waals surface area contributed by atoms with Crippen LogP contribution in [0.2, 0.25) is 5.02 Å². The fourth-order valence-corrected chi connectivity index (χ4v) is 2.63. The minimum absolute atomic E-state index is 0.0286. The maximum absolute atomic E-state index is 12.3. The Hall–Kier alpha value is -2.09. The van der Waals surface area contributed by atoms with Gasteiger partial charge >= 0.3 is 0 Å². The number of nitrogen functional groups attached to an aromatic ring is 1. The maximum atomic E-state index is 12.3. The molecule has 5 N–H and O–H groups in total. The Morgan fingerprint density at radius 2 is 1.86 bits per heavy atom. The van der Waals surface area contributed by atoms with Gasteiger partial charge in [-0.25, -0.2) is 13.6 Å². The van der Waals surface area contributed by atoms with Gasteiger partial charge in [-0.1, -0.05) is 11.6 Å². The number of carbonyl (C=O) groups is 1. The minimum atomic E-state index is -3.92. The standard InChI is InChI=1S/C14H14ClN3O3S/c1-8-6-9(15)2-5-13(8)18-14(19)11-7-10(22(17,20)21)3-4-12(11)16/h2-7H,16H2,1H3,(H,18,19)(H2,17,20,21). The topological polar surface area (TPSA) is 115 Å². The van der Waals surface area contributed by atoms with Crippen molar-refractivity contribution in [2.24, 2.45) is 5.14 Å². The lowest BCUT2D eigenvalue weighted by Crippen LogP contribution is -2.17. The van der Waals surface area contributed by atoms with Crippen LogP contribution in [0, 0.1) is 6.92 Å². The third kappa shape index (κ3) is 3.56. The zero-order valence-corrected chi connectivity index (χ0v) is 13.2. The van der Waals surface area contributed by atoms with E-state index in [9.17, 15) is 13.2 Å². The predicted molar refractivity (Wildman–Crippen MR) is 86.4 cm³/mol. The van der Waals surface area contributed by atoms with Gasteiger partial charge < -0.3 is 11.1 Å². The molecule has 0 aliphatic heterocycles. The third-order valence-electron chi connectivity index (χ3n) is 3.03. The molecule has 6 nitrogen and oxygen atoms in total. The van der Waals surface area contributed by atoms with Crippen molar-refractivity contribution in [1.82, 2.24) is 0 Å². The van der Waals surface area contributed by atoms with Gasteiger partial charge in [-0.2, -0.15) is 0 Å². The number of rotatable bonds is 3. The quantitative estimate of drug-likeness (QED) is 0.743. The van der Waals surface area contributed by atoms with Gasteiger partial charge in [0.25, 0.3) is 5.91 Å². The summed E-state index contributed by atoms with van der Waals surface area (Å²) in [4.78, 5) is 12.1. The molecule has 0 unspecified atom stereocenters. The van der Waals surface area contributed by atoms with E-state index in [4.69, 9.17) is 22.5 Å². The molecule has 0 aromatic heterocycles. The molecule has 0 aliphatic carbocycles. The number of hydrogen-bond acceptors (Lipinski definition) is 4. The molecule has 2 aromatic carbocycles. The molecule has 0 bridgehead atoms. The highest BCUT2D eigenvalue weighted by atomic mass is 35.5. The average molecular weight is 340 g/mol. The molecule has 1 amide bonds. The van der Waals surface area contributed by atoms with E-state index in [0.29, 0.717) is 10.7 Å². The highest BCUT2D eigenvalue weighted by Crippen LogP contribution is 2.22. The normalized spacial score (nSPS) is 11.2. The molecule has 0 atom stereocenters. The van der Waals surface area contributed by atoms with Crippen molar-refractivity contribution in [2.45, 2.75) is 11.8 Å². The largest absolute Gasteiger partial charge is 0.398 e. The van der Waals surface area contributed by atoms with Crippen LogP contribution in [-0.2, 0) is 10.0 Å². The van der Waals surface area contributed by atoms with Gasteiger partial charge in [-0.3, -0.25) is 4.79 Å². The van der Waals surface area contributed by atoms with E-state index in [1.165, 1.54) is 12.1 Å². The second-order valence-corrected chi connectivity index (χ2v) is 6.71. The first-order valence-corrected chi connectivity index (χ1v) is 8.11. The summed E-state index contributed by atoms with van der Waals surface area (Å²) >= 11 is 5.85. The van der Waals surface area contributed by atoms with Crippen molar-refractivity contribution in [3.05, 3.63) is 52.5 Å². The van der Waals surface area contributed by atoms with Crippen LogP contribution >= 0.6 is 11.6 Å². The summed E-state index contributed by atoms with van der Waals surface area (Å²) < 4.78 is 22.7. The highest BCUT2D eigenvalue weighted by molar-refractivity contribution is 7.89. The zero-order chi connectivity index (χ0) is 16.5. The van der Waals surface area contributed by atoms with Crippen LogP contribution in [-0.4, -0.2) is 14.3 Å². The maximum Gasteiger partial charge on any atom is 0.257 e. The Morgan fingerprint density at radius 3 is 2.45 bits per heavy atom. The van der Waals surface area contributed by atoms with Crippen molar-refractivity contribution in [2.75, 3.05) is 11.1 Å². The molecule has 0 heterocycles. The van der Waals surface area contributed by atoms with Crippen LogP contribution in [0.1, 0.15) is 15.9 Å². The SMILES string of the molecule is Cc1cc(Cl)ccc1NC(=O)c1cc(S(N)(=O)=O)ccc1N. The summed E-state index contributed by atoms with van der Waals surface area (Å²) in [5.41, 5.74) is 7.23. The number of amides is 1. The van der Waals surface area contributed by atoms with Gasteiger partial charge in [-0.15, -0.1) is 0 Å². The highest BCUT2D eigenvalue weighted by Gasteiger charge is 2.16. The molecule has 0 radical (unpaired) electrons. The van der Waals surface area contributed by atoms with Gasteiger partial charge in [-0.05, 0) is 48.9 Å². The number of primary sulfonamides is 1. The fourth-order valence-electron chi connectivity index (χ4n) is 1.87. The van der Waals surface area contributed by atoms with Gasteiger partial charge in [0.1, 0.15) is 0 Å². The number of aryl methyl sites for hydroxylation is 1. The van der Waals surface area contributed by atoms with Gasteiger partial charge in [0.15, 0.2) is 0 Å². The third-order valence-corrected chi connectivity index (χ3v) is 4.18. The van der Waals surface area contributed by atoms with Gasteiger partial charge in [0, 0.05) is 16.4 Å². The first-order chi connectivity index (χ1) is 10.2. The summed E-state index contributed by atoms with van der Waals surface area (Å²) in [5.74, 6) is -0.534. The summed E-state index contributed by atoms with van der Waals surface area (Å²) in [6.07, 6.45) is 0. The van der Waals surface area contributed by atoms with E-state index < -0.39 is 15.9 Å². The minimum Gasteiger partial charge on any atom is -0.398 e. The molecule has 116 valence electrons. The molecule has 2 aromatic rings. The van der Waals surface area contributed by atoms with Gasteiger partial charge in [0.2, 0.25) is 10.0 Å². The van der Waals surface area contributed by atoms with E-state index in [1.807, 2.05) is 0 Å². The second-order valence-electron chi connectivity index (χ2n) is 4.71. The van der Waals surface area contributed by atoms with Crippen molar-refractivity contribution in [3.8, 4) is 0 Å².